The second-order valence-electron chi connectivity index (χ2n) is 4.46. The maximum Gasteiger partial charge on any atom is 0.167 e. The van der Waals surface area contributed by atoms with Crippen LogP contribution in [0.5, 0.6) is 5.75 Å². The van der Waals surface area contributed by atoms with Crippen LogP contribution in [0.2, 0.25) is 0 Å². The van der Waals surface area contributed by atoms with Crippen molar-refractivity contribution in [3.63, 3.8) is 0 Å². The molecule has 0 saturated heterocycles. The molecule has 1 aromatic carbocycles. The highest BCUT2D eigenvalue weighted by Crippen LogP contribution is 2.27. The smallest absolute Gasteiger partial charge is 0.167 e. The molecule has 0 spiro atoms. The van der Waals surface area contributed by atoms with Crippen molar-refractivity contribution in [2.45, 2.75) is 26.7 Å². The third kappa shape index (κ3) is 2.78. The monoisotopic (exact) mass is 262 g/mol. The van der Waals surface area contributed by atoms with Crippen LogP contribution in [0.3, 0.4) is 0 Å². The van der Waals surface area contributed by atoms with Gasteiger partial charge in [0.1, 0.15) is 5.82 Å². The number of hydrogen-bond acceptors (Lipinski definition) is 3. The van der Waals surface area contributed by atoms with E-state index in [1.54, 1.807) is 6.07 Å². The first-order valence-electron chi connectivity index (χ1n) is 6.60. The Bertz CT molecular complexity index is 584. The number of halogens is 1. The maximum absolute atomic E-state index is 13.7. The lowest BCUT2D eigenvalue weighted by Crippen LogP contribution is -2.05. The third-order valence-corrected chi connectivity index (χ3v) is 3.09. The summed E-state index contributed by atoms with van der Waals surface area (Å²) < 4.78 is 18.7. The molecule has 19 heavy (non-hydrogen) atoms. The van der Waals surface area contributed by atoms with Crippen LogP contribution in [0, 0.1) is 5.82 Å². The van der Waals surface area contributed by atoms with Gasteiger partial charge in [-0.2, -0.15) is 0 Å². The number of benzene rings is 1. The van der Waals surface area contributed by atoms with Gasteiger partial charge in [-0.05, 0) is 30.5 Å². The molecule has 0 fully saturated rings. The Hall–Kier alpha value is -1.84. The van der Waals surface area contributed by atoms with E-state index in [0.29, 0.717) is 5.52 Å². The zero-order chi connectivity index (χ0) is 13.8. The fourth-order valence-electron chi connectivity index (χ4n) is 2.04. The first-order valence-corrected chi connectivity index (χ1v) is 6.60. The highest BCUT2D eigenvalue weighted by atomic mass is 19.1. The lowest BCUT2D eigenvalue weighted by Gasteiger charge is -2.12. The van der Waals surface area contributed by atoms with Crippen LogP contribution in [0.15, 0.2) is 18.2 Å². The van der Waals surface area contributed by atoms with Crippen LogP contribution in [-0.2, 0) is 6.42 Å². The SMILES string of the molecule is CCCNc1nc2cc(F)c(OC)cc2cc1CC. The molecule has 0 saturated carbocycles. The Labute approximate surface area is 112 Å². The van der Waals surface area contributed by atoms with Crippen molar-refractivity contribution < 1.29 is 9.13 Å². The van der Waals surface area contributed by atoms with Crippen molar-refractivity contribution in [2.75, 3.05) is 19.0 Å². The van der Waals surface area contributed by atoms with Crippen LogP contribution < -0.4 is 10.1 Å². The first-order chi connectivity index (χ1) is 9.19. The highest BCUT2D eigenvalue weighted by Gasteiger charge is 2.09. The number of rotatable bonds is 5. The van der Waals surface area contributed by atoms with Crippen LogP contribution in [0.1, 0.15) is 25.8 Å². The minimum Gasteiger partial charge on any atom is -0.494 e. The first kappa shape index (κ1) is 13.6. The van der Waals surface area contributed by atoms with Crippen molar-refractivity contribution in [1.82, 2.24) is 4.98 Å². The number of nitrogens with zero attached hydrogens (tertiary/aromatic N) is 1. The summed E-state index contributed by atoms with van der Waals surface area (Å²) in [6.07, 6.45) is 1.91. The standard InChI is InChI=1S/C15H19FN2O/c1-4-6-17-15-10(5-2)7-11-8-14(19-3)12(16)9-13(11)18-15/h7-9H,4-6H2,1-3H3,(H,17,18). The number of ether oxygens (including phenoxy) is 1. The number of anilines is 1. The van der Waals surface area contributed by atoms with E-state index in [2.05, 4.69) is 24.1 Å². The van der Waals surface area contributed by atoms with Gasteiger partial charge in [0.25, 0.3) is 0 Å². The van der Waals surface area contributed by atoms with E-state index in [9.17, 15) is 4.39 Å². The Morgan fingerprint density at radius 1 is 1.26 bits per heavy atom. The van der Waals surface area contributed by atoms with Gasteiger partial charge >= 0.3 is 0 Å². The summed E-state index contributed by atoms with van der Waals surface area (Å²) >= 11 is 0. The number of fused-ring (bicyclic) bond motifs is 1. The third-order valence-electron chi connectivity index (χ3n) is 3.09. The van der Waals surface area contributed by atoms with Gasteiger partial charge in [0.2, 0.25) is 0 Å². The minimum atomic E-state index is -0.381. The Balaban J connectivity index is 2.53. The van der Waals surface area contributed by atoms with Crippen LogP contribution in [-0.4, -0.2) is 18.6 Å². The van der Waals surface area contributed by atoms with Gasteiger partial charge in [0.15, 0.2) is 11.6 Å². The number of hydrogen-bond donors (Lipinski definition) is 1. The molecule has 1 N–H and O–H groups in total. The summed E-state index contributed by atoms with van der Waals surface area (Å²) in [7, 11) is 1.47. The van der Waals surface area contributed by atoms with E-state index in [1.807, 2.05) is 6.07 Å². The highest BCUT2D eigenvalue weighted by molar-refractivity contribution is 5.83. The van der Waals surface area contributed by atoms with Gasteiger partial charge < -0.3 is 10.1 Å². The van der Waals surface area contributed by atoms with Gasteiger partial charge in [-0.1, -0.05) is 13.8 Å². The normalized spacial score (nSPS) is 10.7. The van der Waals surface area contributed by atoms with E-state index >= 15 is 0 Å². The lowest BCUT2D eigenvalue weighted by atomic mass is 10.1. The molecule has 1 aromatic heterocycles. The minimum absolute atomic E-state index is 0.255. The Morgan fingerprint density at radius 2 is 2.05 bits per heavy atom. The topological polar surface area (TPSA) is 34.2 Å². The van der Waals surface area contributed by atoms with E-state index < -0.39 is 0 Å². The van der Waals surface area contributed by atoms with Crippen molar-refractivity contribution in [2.24, 2.45) is 0 Å². The summed E-state index contributed by atoms with van der Waals surface area (Å²) in [6, 6.07) is 5.16. The molecule has 0 aliphatic heterocycles. The Morgan fingerprint density at radius 3 is 2.68 bits per heavy atom. The van der Waals surface area contributed by atoms with Crippen molar-refractivity contribution in [3.8, 4) is 5.75 Å². The second-order valence-corrected chi connectivity index (χ2v) is 4.46. The van der Waals surface area contributed by atoms with E-state index in [0.717, 1.165) is 36.2 Å². The molecule has 3 nitrogen and oxygen atoms in total. The molecule has 0 unspecified atom stereocenters. The van der Waals surface area contributed by atoms with Crippen molar-refractivity contribution in [1.29, 1.82) is 0 Å². The zero-order valence-corrected chi connectivity index (χ0v) is 11.6. The molecule has 2 aromatic rings. The largest absolute Gasteiger partial charge is 0.494 e. The summed E-state index contributed by atoms with van der Waals surface area (Å²) in [6.45, 7) is 5.05. The van der Waals surface area contributed by atoms with Crippen LogP contribution >= 0.6 is 0 Å². The molecular formula is C15H19FN2O. The van der Waals surface area contributed by atoms with Gasteiger partial charge in [0.05, 0.1) is 12.6 Å². The molecule has 102 valence electrons. The zero-order valence-electron chi connectivity index (χ0n) is 11.6. The fourth-order valence-corrected chi connectivity index (χ4v) is 2.04. The van der Waals surface area contributed by atoms with Crippen molar-refractivity contribution in [3.05, 3.63) is 29.6 Å². The number of aryl methyl sites for hydroxylation is 1. The average Bonchev–Trinajstić information content (AvgIpc) is 2.43. The number of nitrogens with one attached hydrogen (secondary N) is 1. The molecule has 2 rings (SSSR count). The Kier molecular flexibility index (Phi) is 4.20. The quantitative estimate of drug-likeness (QED) is 0.890. The molecule has 0 bridgehead atoms. The van der Waals surface area contributed by atoms with Gasteiger partial charge in [0, 0.05) is 18.0 Å². The van der Waals surface area contributed by atoms with Gasteiger partial charge in [-0.3, -0.25) is 0 Å². The molecule has 0 aliphatic rings. The molecule has 1 heterocycles. The predicted octanol–water partition coefficient (Wildman–Crippen LogP) is 3.77. The predicted molar refractivity (Wildman–Crippen MR) is 76.4 cm³/mol. The molecular weight excluding hydrogens is 243 g/mol. The molecule has 0 radical (unpaired) electrons. The number of methoxy groups -OCH3 is 1. The second kappa shape index (κ2) is 5.87. The number of aromatic nitrogens is 1. The summed E-state index contributed by atoms with van der Waals surface area (Å²) in [5, 5.41) is 4.19. The molecule has 0 atom stereocenters. The van der Waals surface area contributed by atoms with Crippen LogP contribution in [0.25, 0.3) is 10.9 Å². The number of pyridine rings is 1. The van der Waals surface area contributed by atoms with Crippen LogP contribution in [0.4, 0.5) is 10.2 Å². The average molecular weight is 262 g/mol. The summed E-state index contributed by atoms with van der Waals surface area (Å²) in [4.78, 5) is 4.51. The van der Waals surface area contributed by atoms with E-state index in [1.165, 1.54) is 13.2 Å². The van der Waals surface area contributed by atoms with E-state index in [4.69, 9.17) is 4.74 Å². The molecule has 0 amide bonds. The van der Waals surface area contributed by atoms with Gasteiger partial charge in [-0.25, -0.2) is 9.37 Å². The molecule has 0 aliphatic carbocycles. The van der Waals surface area contributed by atoms with Crippen molar-refractivity contribution >= 4 is 16.7 Å². The summed E-state index contributed by atoms with van der Waals surface area (Å²) in [5.74, 6) is 0.722. The van der Waals surface area contributed by atoms with E-state index in [-0.39, 0.29) is 11.6 Å². The van der Waals surface area contributed by atoms with Gasteiger partial charge in [-0.15, -0.1) is 0 Å². The fraction of sp³-hybridized carbons (Fsp3) is 0.400. The molecule has 4 heteroatoms. The lowest BCUT2D eigenvalue weighted by molar-refractivity contribution is 0.387. The summed E-state index contributed by atoms with van der Waals surface area (Å²) in [5.41, 5.74) is 1.78. The maximum atomic E-state index is 13.7.